The molecule has 1 N–H and O–H groups in total. The number of hydrogen-bond acceptors (Lipinski definition) is 9. The molecule has 1 heterocycles. The Hall–Kier alpha value is -3.33. The Bertz CT molecular complexity index is 887. The minimum absolute atomic E-state index is 0.161. The van der Waals surface area contributed by atoms with Gasteiger partial charge in [0.1, 0.15) is 11.3 Å². The zero-order valence-electron chi connectivity index (χ0n) is 14.5. The van der Waals surface area contributed by atoms with Crippen LogP contribution in [0.1, 0.15) is 0 Å². The van der Waals surface area contributed by atoms with E-state index in [4.69, 9.17) is 16.3 Å². The molecule has 0 saturated heterocycles. The first-order chi connectivity index (χ1) is 12.8. The normalized spacial score (nSPS) is 15.0. The molecule has 0 aromatic heterocycles. The van der Waals surface area contributed by atoms with Crippen LogP contribution in [0.25, 0.3) is 0 Å². The van der Waals surface area contributed by atoms with Gasteiger partial charge in [0, 0.05) is 11.1 Å². The number of carbonyl (C=O) groups excluding carboxylic acids is 4. The molecule has 1 aromatic rings. The van der Waals surface area contributed by atoms with Gasteiger partial charge in [0.05, 0.1) is 32.6 Å². The quantitative estimate of drug-likeness (QED) is 0.349. The Balaban J connectivity index is 2.71. The molecule has 1 aliphatic rings. The molecule has 0 bridgehead atoms. The molecular formula is C17H14ClNO8. The van der Waals surface area contributed by atoms with Crippen molar-refractivity contribution < 1.29 is 38.1 Å². The summed E-state index contributed by atoms with van der Waals surface area (Å²) in [5.41, 5.74) is -1.29. The monoisotopic (exact) mass is 395 g/mol. The first kappa shape index (κ1) is 20.0. The van der Waals surface area contributed by atoms with Gasteiger partial charge >= 0.3 is 23.9 Å². The fraction of sp³-hybridized carbons (Fsp3) is 0.176. The van der Waals surface area contributed by atoms with Gasteiger partial charge in [-0.05, 0) is 18.2 Å². The highest BCUT2D eigenvalue weighted by atomic mass is 35.5. The van der Waals surface area contributed by atoms with Crippen molar-refractivity contribution in [2.45, 2.75) is 0 Å². The molecule has 0 radical (unpaired) electrons. The Morgan fingerprint density at radius 2 is 1.74 bits per heavy atom. The molecule has 9 nitrogen and oxygen atoms in total. The van der Waals surface area contributed by atoms with E-state index in [1.807, 2.05) is 0 Å². The highest BCUT2D eigenvalue weighted by Gasteiger charge is 2.34. The molecule has 2 rings (SSSR count). The van der Waals surface area contributed by atoms with Gasteiger partial charge in [0.2, 0.25) is 0 Å². The first-order valence-electron chi connectivity index (χ1n) is 7.32. The zero-order valence-corrected chi connectivity index (χ0v) is 15.2. The number of carbonyl (C=O) groups is 4. The van der Waals surface area contributed by atoms with E-state index in [1.165, 1.54) is 18.2 Å². The maximum Gasteiger partial charge on any atom is 0.361 e. The van der Waals surface area contributed by atoms with Crippen LogP contribution in [0.15, 0.2) is 41.1 Å². The lowest BCUT2D eigenvalue weighted by Crippen LogP contribution is -2.29. The average Bonchev–Trinajstić information content (AvgIpc) is 2.66. The summed E-state index contributed by atoms with van der Waals surface area (Å²) in [6.45, 7) is 0. The molecule has 142 valence electrons. The van der Waals surface area contributed by atoms with Crippen molar-refractivity contribution in [3.63, 3.8) is 0 Å². The number of benzene rings is 1. The lowest BCUT2D eigenvalue weighted by Gasteiger charge is -2.22. The van der Waals surface area contributed by atoms with E-state index in [0.29, 0.717) is 11.1 Å². The van der Waals surface area contributed by atoms with Crippen LogP contribution < -0.4 is 10.1 Å². The first-order valence-corrected chi connectivity index (χ1v) is 7.69. The van der Waals surface area contributed by atoms with Crippen LogP contribution in [0.5, 0.6) is 5.75 Å². The summed E-state index contributed by atoms with van der Waals surface area (Å²) in [4.78, 5) is 48.5. The molecular weight excluding hydrogens is 382 g/mol. The summed E-state index contributed by atoms with van der Waals surface area (Å²) < 4.78 is 18.9. The number of halogens is 1. The molecule has 0 saturated carbocycles. The Labute approximate surface area is 158 Å². The summed E-state index contributed by atoms with van der Waals surface area (Å²) in [7, 11) is 3.15. The van der Waals surface area contributed by atoms with E-state index in [2.05, 4.69) is 19.5 Å². The van der Waals surface area contributed by atoms with Gasteiger partial charge in [-0.15, -0.1) is 0 Å². The highest BCUT2D eigenvalue weighted by molar-refractivity contribution is 6.31. The molecule has 1 aromatic carbocycles. The van der Waals surface area contributed by atoms with Crippen LogP contribution >= 0.6 is 11.6 Å². The molecule has 0 aliphatic carbocycles. The number of esters is 4. The largest absolute Gasteiger partial charge is 0.466 e. The third-order valence-electron chi connectivity index (χ3n) is 3.39. The topological polar surface area (TPSA) is 117 Å². The lowest BCUT2D eigenvalue weighted by molar-refractivity contribution is -0.140. The van der Waals surface area contributed by atoms with Crippen LogP contribution in [-0.4, -0.2) is 45.2 Å². The Morgan fingerprint density at radius 1 is 1.07 bits per heavy atom. The zero-order chi connectivity index (χ0) is 20.1. The van der Waals surface area contributed by atoms with Crippen molar-refractivity contribution in [1.29, 1.82) is 0 Å². The summed E-state index contributed by atoms with van der Waals surface area (Å²) in [6.07, 6.45) is 0.702. The number of anilines is 1. The predicted molar refractivity (Wildman–Crippen MR) is 91.9 cm³/mol. The summed E-state index contributed by atoms with van der Waals surface area (Å²) in [5.74, 6) is -3.93. The van der Waals surface area contributed by atoms with Gasteiger partial charge in [0.25, 0.3) is 0 Å². The van der Waals surface area contributed by atoms with Crippen LogP contribution in [0.2, 0.25) is 5.02 Å². The van der Waals surface area contributed by atoms with Gasteiger partial charge in [-0.2, -0.15) is 0 Å². The summed E-state index contributed by atoms with van der Waals surface area (Å²) in [5, 5.41) is 3.00. The number of methoxy groups -OCH3 is 3. The summed E-state index contributed by atoms with van der Waals surface area (Å²) in [6, 6.07) is 4.39. The number of hydrogen-bond donors (Lipinski definition) is 1. The van der Waals surface area contributed by atoms with E-state index in [0.717, 1.165) is 21.3 Å². The average molecular weight is 396 g/mol. The van der Waals surface area contributed by atoms with Crippen LogP contribution in [0, 0.1) is 0 Å². The lowest BCUT2D eigenvalue weighted by atomic mass is 10.0. The minimum Gasteiger partial charge on any atom is -0.466 e. The predicted octanol–water partition coefficient (Wildman–Crippen LogP) is 1.37. The molecule has 0 fully saturated rings. The highest BCUT2D eigenvalue weighted by Crippen LogP contribution is 2.35. The second kappa shape index (κ2) is 8.37. The third-order valence-corrected chi connectivity index (χ3v) is 3.62. The number of nitrogens with one attached hydrogen (secondary N) is 1. The number of ether oxygens (including phenoxy) is 4. The van der Waals surface area contributed by atoms with E-state index in [1.54, 1.807) is 0 Å². The number of fused-ring (bicyclic) bond motifs is 1. The SMILES string of the molecule is COC(=O)/C=C(C(=O)OC)\C(C(=O)OC)=C1\Nc2cc(Cl)ccc2OC1=O. The second-order valence-electron chi connectivity index (χ2n) is 4.97. The van der Waals surface area contributed by atoms with E-state index in [9.17, 15) is 19.2 Å². The smallest absolute Gasteiger partial charge is 0.361 e. The third kappa shape index (κ3) is 4.26. The molecule has 0 atom stereocenters. The van der Waals surface area contributed by atoms with Crippen molar-refractivity contribution in [3.8, 4) is 5.75 Å². The van der Waals surface area contributed by atoms with Crippen LogP contribution in [0.4, 0.5) is 5.69 Å². The van der Waals surface area contributed by atoms with Crippen LogP contribution in [0.3, 0.4) is 0 Å². The van der Waals surface area contributed by atoms with Crippen molar-refractivity contribution in [2.75, 3.05) is 26.6 Å². The number of rotatable bonds is 4. The Kier molecular flexibility index (Phi) is 6.19. The van der Waals surface area contributed by atoms with Crippen molar-refractivity contribution in [2.24, 2.45) is 0 Å². The molecule has 1 aliphatic heterocycles. The Morgan fingerprint density at radius 3 is 2.33 bits per heavy atom. The fourth-order valence-electron chi connectivity index (χ4n) is 2.16. The van der Waals surface area contributed by atoms with Crippen molar-refractivity contribution in [1.82, 2.24) is 0 Å². The van der Waals surface area contributed by atoms with Gasteiger partial charge in [-0.25, -0.2) is 19.2 Å². The second-order valence-corrected chi connectivity index (χ2v) is 5.41. The molecule has 0 amide bonds. The fourth-order valence-corrected chi connectivity index (χ4v) is 2.33. The van der Waals surface area contributed by atoms with Crippen molar-refractivity contribution in [3.05, 3.63) is 46.1 Å². The van der Waals surface area contributed by atoms with Gasteiger partial charge < -0.3 is 24.3 Å². The molecule has 0 spiro atoms. The minimum atomic E-state index is -1.08. The van der Waals surface area contributed by atoms with Gasteiger partial charge in [0.15, 0.2) is 5.75 Å². The van der Waals surface area contributed by atoms with Crippen LogP contribution in [-0.2, 0) is 33.4 Å². The van der Waals surface area contributed by atoms with E-state index in [-0.39, 0.29) is 11.4 Å². The van der Waals surface area contributed by atoms with Crippen molar-refractivity contribution >= 4 is 41.2 Å². The van der Waals surface area contributed by atoms with E-state index >= 15 is 0 Å². The molecule has 10 heteroatoms. The maximum atomic E-state index is 12.4. The summed E-state index contributed by atoms with van der Waals surface area (Å²) >= 11 is 5.92. The molecule has 0 unspecified atom stereocenters. The molecule has 27 heavy (non-hydrogen) atoms. The van der Waals surface area contributed by atoms with E-state index < -0.39 is 40.7 Å². The maximum absolute atomic E-state index is 12.4. The van der Waals surface area contributed by atoms with Gasteiger partial charge in [-0.1, -0.05) is 11.6 Å². The van der Waals surface area contributed by atoms with Gasteiger partial charge in [-0.3, -0.25) is 0 Å². The standard InChI is InChI=1S/C17H14ClNO8/c1-24-12(20)7-9(15(21)25-2)13(16(22)26-3)14-17(23)27-11-5-4-8(18)6-10(11)19-14/h4-7,19H,1-3H3/b9-7+,14-13-.